The van der Waals surface area contributed by atoms with Crippen molar-refractivity contribution in [2.45, 2.75) is 6.18 Å². The molecule has 0 bridgehead atoms. The van der Waals surface area contributed by atoms with Gasteiger partial charge in [0, 0.05) is 18.0 Å². The smallest absolute Gasteiger partial charge is 0.261 e. The first-order valence-electron chi connectivity index (χ1n) is 4.51. The lowest BCUT2D eigenvalue weighted by atomic mass is 10.0. The maximum absolute atomic E-state index is 12.7. The summed E-state index contributed by atoms with van der Waals surface area (Å²) in [6.07, 6.45) is -0.291. The van der Waals surface area contributed by atoms with Crippen molar-refractivity contribution >= 4 is 0 Å². The van der Waals surface area contributed by atoms with Gasteiger partial charge in [0.05, 0.1) is 17.5 Å². The minimum Gasteiger partial charge on any atom is -0.261 e. The molecule has 0 saturated carbocycles. The topological polar surface area (TPSA) is 25.8 Å². The van der Waals surface area contributed by atoms with Crippen molar-refractivity contribution in [2.75, 3.05) is 0 Å². The third kappa shape index (κ3) is 2.03. The second-order valence-electron chi connectivity index (χ2n) is 3.13. The first kappa shape index (κ1) is 10.6. The van der Waals surface area contributed by atoms with Crippen LogP contribution in [0.15, 0.2) is 42.9 Å². The van der Waals surface area contributed by atoms with E-state index < -0.39 is 11.7 Å². The average Bonchev–Trinajstić information content (AvgIpc) is 2.29. The van der Waals surface area contributed by atoms with Gasteiger partial charge in [-0.1, -0.05) is 18.2 Å². The van der Waals surface area contributed by atoms with Crippen LogP contribution >= 0.6 is 0 Å². The Morgan fingerprint density at radius 1 is 1.00 bits per heavy atom. The van der Waals surface area contributed by atoms with E-state index in [1.54, 1.807) is 6.07 Å². The van der Waals surface area contributed by atoms with Crippen LogP contribution in [0.2, 0.25) is 0 Å². The number of rotatable bonds is 1. The molecule has 0 amide bonds. The summed E-state index contributed by atoms with van der Waals surface area (Å²) in [5.41, 5.74) is -0.436. The van der Waals surface area contributed by atoms with Crippen LogP contribution in [0.3, 0.4) is 0 Å². The number of benzene rings is 1. The molecule has 0 N–H and O–H groups in total. The summed E-state index contributed by atoms with van der Waals surface area (Å²) in [5.74, 6) is 0. The molecule has 1 heterocycles. The van der Waals surface area contributed by atoms with Crippen LogP contribution in [0, 0.1) is 0 Å². The van der Waals surface area contributed by atoms with Crippen LogP contribution in [0.5, 0.6) is 0 Å². The van der Waals surface area contributed by atoms with Gasteiger partial charge in [-0.15, -0.1) is 0 Å². The Kier molecular flexibility index (Phi) is 2.60. The minimum absolute atomic E-state index is 0.0445. The molecule has 16 heavy (non-hydrogen) atoms. The Morgan fingerprint density at radius 3 is 2.38 bits per heavy atom. The monoisotopic (exact) mass is 224 g/mol. The first-order valence-corrected chi connectivity index (χ1v) is 4.51. The predicted octanol–water partition coefficient (Wildman–Crippen LogP) is 3.16. The van der Waals surface area contributed by atoms with Crippen LogP contribution in [-0.2, 0) is 6.18 Å². The standard InChI is InChI=1S/C11H7F3N2/c12-11(13,14)9-4-2-1-3-8(9)10-7-15-5-6-16-10/h1-7H. The van der Waals surface area contributed by atoms with Crippen molar-refractivity contribution in [1.82, 2.24) is 9.97 Å². The Hall–Kier alpha value is -1.91. The minimum atomic E-state index is -4.38. The van der Waals surface area contributed by atoms with Gasteiger partial charge in [-0.3, -0.25) is 9.97 Å². The molecule has 0 unspecified atom stereocenters. The second kappa shape index (κ2) is 3.92. The van der Waals surface area contributed by atoms with Gasteiger partial charge < -0.3 is 0 Å². The molecule has 0 aliphatic carbocycles. The lowest BCUT2D eigenvalue weighted by Gasteiger charge is -2.11. The number of nitrogens with zero attached hydrogens (tertiary/aromatic N) is 2. The largest absolute Gasteiger partial charge is 0.417 e. The van der Waals surface area contributed by atoms with Crippen LogP contribution in [0.1, 0.15) is 5.56 Å². The fourth-order valence-electron chi connectivity index (χ4n) is 1.39. The van der Waals surface area contributed by atoms with Gasteiger partial charge in [-0.25, -0.2) is 0 Å². The fraction of sp³-hybridized carbons (Fsp3) is 0.0909. The Balaban J connectivity index is 2.58. The van der Waals surface area contributed by atoms with E-state index >= 15 is 0 Å². The highest BCUT2D eigenvalue weighted by Gasteiger charge is 2.33. The van der Waals surface area contributed by atoms with Crippen molar-refractivity contribution in [2.24, 2.45) is 0 Å². The average molecular weight is 224 g/mol. The zero-order valence-corrected chi connectivity index (χ0v) is 8.07. The van der Waals surface area contributed by atoms with Crippen molar-refractivity contribution < 1.29 is 13.2 Å². The van der Waals surface area contributed by atoms with Gasteiger partial charge in [-0.2, -0.15) is 13.2 Å². The summed E-state index contributed by atoms with van der Waals surface area (Å²) < 4.78 is 38.1. The van der Waals surface area contributed by atoms with Crippen LogP contribution in [0.4, 0.5) is 13.2 Å². The van der Waals surface area contributed by atoms with Gasteiger partial charge in [0.2, 0.25) is 0 Å². The molecule has 2 aromatic rings. The van der Waals surface area contributed by atoms with E-state index in [-0.39, 0.29) is 11.3 Å². The van der Waals surface area contributed by atoms with E-state index in [9.17, 15) is 13.2 Å². The molecule has 0 spiro atoms. The fourth-order valence-corrected chi connectivity index (χ4v) is 1.39. The summed E-state index contributed by atoms with van der Waals surface area (Å²) in [4.78, 5) is 7.62. The Labute approximate surface area is 89.8 Å². The SMILES string of the molecule is FC(F)(F)c1ccccc1-c1cnccn1. The number of halogens is 3. The molecule has 82 valence electrons. The lowest BCUT2D eigenvalue weighted by molar-refractivity contribution is -0.137. The van der Waals surface area contributed by atoms with Crippen molar-refractivity contribution in [1.29, 1.82) is 0 Å². The van der Waals surface area contributed by atoms with E-state index in [1.165, 1.54) is 30.7 Å². The molecule has 5 heteroatoms. The highest BCUT2D eigenvalue weighted by atomic mass is 19.4. The Bertz CT molecular complexity index is 480. The molecule has 2 rings (SSSR count). The van der Waals surface area contributed by atoms with Crippen molar-refractivity contribution in [3.05, 3.63) is 48.4 Å². The summed E-state index contributed by atoms with van der Waals surface area (Å²) in [6.45, 7) is 0. The third-order valence-corrected chi connectivity index (χ3v) is 2.07. The Morgan fingerprint density at radius 2 is 1.75 bits per heavy atom. The number of hydrogen-bond acceptors (Lipinski definition) is 2. The van der Waals surface area contributed by atoms with Crippen molar-refractivity contribution in [3.8, 4) is 11.3 Å². The van der Waals surface area contributed by atoms with Gasteiger partial charge in [-0.05, 0) is 6.07 Å². The molecule has 0 saturated heterocycles. The van der Waals surface area contributed by atoms with E-state index in [1.807, 2.05) is 0 Å². The predicted molar refractivity (Wildman–Crippen MR) is 52.5 cm³/mol. The normalized spacial score (nSPS) is 11.4. The summed E-state index contributed by atoms with van der Waals surface area (Å²) in [6, 6.07) is 5.30. The zero-order valence-electron chi connectivity index (χ0n) is 8.07. The summed E-state index contributed by atoms with van der Waals surface area (Å²) in [7, 11) is 0. The molecular formula is C11H7F3N2. The maximum Gasteiger partial charge on any atom is 0.417 e. The highest BCUT2D eigenvalue weighted by molar-refractivity contribution is 5.63. The summed E-state index contributed by atoms with van der Waals surface area (Å²) in [5, 5.41) is 0. The molecule has 1 aromatic carbocycles. The molecular weight excluding hydrogens is 217 g/mol. The van der Waals surface area contributed by atoms with Crippen LogP contribution in [0.25, 0.3) is 11.3 Å². The van der Waals surface area contributed by atoms with E-state index in [0.717, 1.165) is 6.07 Å². The quantitative estimate of drug-likeness (QED) is 0.743. The van der Waals surface area contributed by atoms with Gasteiger partial charge >= 0.3 is 6.18 Å². The number of aromatic nitrogens is 2. The van der Waals surface area contributed by atoms with E-state index in [2.05, 4.69) is 9.97 Å². The number of alkyl halides is 3. The first-order chi connectivity index (χ1) is 7.59. The molecule has 2 nitrogen and oxygen atoms in total. The van der Waals surface area contributed by atoms with Crippen molar-refractivity contribution in [3.63, 3.8) is 0 Å². The van der Waals surface area contributed by atoms with Gasteiger partial charge in [0.25, 0.3) is 0 Å². The van der Waals surface area contributed by atoms with Gasteiger partial charge in [0.15, 0.2) is 0 Å². The molecule has 0 aliphatic rings. The van der Waals surface area contributed by atoms with E-state index in [0.29, 0.717) is 0 Å². The molecule has 0 aliphatic heterocycles. The van der Waals surface area contributed by atoms with Gasteiger partial charge in [0.1, 0.15) is 0 Å². The third-order valence-electron chi connectivity index (χ3n) is 2.07. The van der Waals surface area contributed by atoms with Crippen LogP contribution in [-0.4, -0.2) is 9.97 Å². The molecule has 1 aromatic heterocycles. The molecule has 0 fully saturated rings. The lowest BCUT2D eigenvalue weighted by Crippen LogP contribution is -2.07. The van der Waals surface area contributed by atoms with Crippen LogP contribution < -0.4 is 0 Å². The summed E-state index contributed by atoms with van der Waals surface area (Å²) >= 11 is 0. The number of hydrogen-bond donors (Lipinski definition) is 0. The maximum atomic E-state index is 12.7. The second-order valence-corrected chi connectivity index (χ2v) is 3.13. The molecule has 0 radical (unpaired) electrons. The highest BCUT2D eigenvalue weighted by Crippen LogP contribution is 2.35. The zero-order chi connectivity index (χ0) is 11.6. The molecule has 0 atom stereocenters. The van der Waals surface area contributed by atoms with E-state index in [4.69, 9.17) is 0 Å².